The Hall–Kier alpha value is -4.05. The Morgan fingerprint density at radius 1 is 0.857 bits per heavy atom. The first-order valence-corrected chi connectivity index (χ1v) is 25.1. The number of anilines is 2. The standard InChI is InChI=1S/C49H56Br2N8O3S/c1-30-5-14-40-46(47(63-49(40)53-30)48(62)55-35-10-6-32-23-38(13-7-31(32)22-35)58-26-36-11-12-37(27-58)54-36)52-17-3-2-4-45(61)57-20-18-56(19-21-57)28-39(60)29-59-43-15-8-33(50)24-41(43)42-25-34(51)9-16-44(42)59/h5,7-9,13-16,23-25,35-37,39,52,54,60H,2-4,6,10-12,17-22,26-29H2,1H3,(H,55,62)/t35-,36-,37+,39?/m0/s1. The van der Waals surface area contributed by atoms with Crippen LogP contribution in [0.25, 0.3) is 32.0 Å². The van der Waals surface area contributed by atoms with Gasteiger partial charge in [0.1, 0.15) is 9.71 Å². The Morgan fingerprint density at radius 2 is 1.59 bits per heavy atom. The van der Waals surface area contributed by atoms with E-state index in [2.05, 4.69) is 111 Å². The fourth-order valence-electron chi connectivity index (χ4n) is 10.5. The van der Waals surface area contributed by atoms with Crippen molar-refractivity contribution in [2.24, 2.45) is 0 Å². The summed E-state index contributed by atoms with van der Waals surface area (Å²) in [5.74, 6) is 0.134. The molecule has 4 atom stereocenters. The maximum absolute atomic E-state index is 14.0. The summed E-state index contributed by atoms with van der Waals surface area (Å²) in [6.45, 7) is 8.68. The molecule has 2 bridgehead atoms. The Kier molecular flexibility index (Phi) is 12.6. The van der Waals surface area contributed by atoms with E-state index < -0.39 is 6.10 Å². The number of β-amino-alcohol motifs (C(OH)–C–C–N with tert-alkyl or cyclic N) is 1. The van der Waals surface area contributed by atoms with Crippen LogP contribution in [0.2, 0.25) is 0 Å². The number of unbranched alkanes of at least 4 members (excludes halogenated alkanes) is 1. The van der Waals surface area contributed by atoms with Gasteiger partial charge in [0.05, 0.1) is 18.3 Å². The second kappa shape index (κ2) is 18.4. The predicted molar refractivity (Wildman–Crippen MR) is 262 cm³/mol. The second-order valence-electron chi connectivity index (χ2n) is 18.2. The fourth-order valence-corrected chi connectivity index (χ4v) is 12.3. The number of nitrogens with one attached hydrogen (secondary N) is 3. The van der Waals surface area contributed by atoms with E-state index in [9.17, 15) is 14.7 Å². The molecule has 3 fully saturated rings. The van der Waals surface area contributed by atoms with E-state index in [1.807, 2.05) is 30.0 Å². The molecule has 6 heterocycles. The first kappa shape index (κ1) is 42.9. The van der Waals surface area contributed by atoms with Crippen molar-refractivity contribution in [1.29, 1.82) is 0 Å². The minimum atomic E-state index is -0.547. The number of benzene rings is 3. The number of fused-ring (bicyclic) bond motifs is 7. The zero-order valence-corrected chi connectivity index (χ0v) is 39.8. The number of hydrogen-bond acceptors (Lipinski definition) is 9. The van der Waals surface area contributed by atoms with E-state index in [4.69, 9.17) is 4.98 Å². The molecule has 63 heavy (non-hydrogen) atoms. The molecule has 4 aliphatic rings. The van der Waals surface area contributed by atoms with E-state index in [1.54, 1.807) is 0 Å². The SMILES string of the molecule is Cc1ccc2c(NCCCCC(=O)N3CCN(CC(O)Cn4c5ccc(Br)cc5c5cc(Br)ccc54)CC3)c(C(=O)N[C@H]3CCc4cc(N5C[C@H]6CC[C@@H](C5)N6)ccc4C3)sc2n1. The van der Waals surface area contributed by atoms with Crippen LogP contribution in [0.3, 0.4) is 0 Å². The first-order chi connectivity index (χ1) is 30.6. The highest BCUT2D eigenvalue weighted by atomic mass is 79.9. The number of carbonyl (C=O) groups is 2. The van der Waals surface area contributed by atoms with Crippen molar-refractivity contribution in [3.8, 4) is 0 Å². The van der Waals surface area contributed by atoms with Crippen LogP contribution in [0.5, 0.6) is 0 Å². The van der Waals surface area contributed by atoms with Crippen molar-refractivity contribution in [3.05, 3.63) is 97.4 Å². The van der Waals surface area contributed by atoms with Gasteiger partial charge in [0.25, 0.3) is 5.91 Å². The maximum Gasteiger partial charge on any atom is 0.263 e. The van der Waals surface area contributed by atoms with Crippen molar-refractivity contribution in [1.82, 2.24) is 30.0 Å². The lowest BCUT2D eigenvalue weighted by molar-refractivity contribution is -0.133. The van der Waals surface area contributed by atoms with Gasteiger partial charge in [-0.15, -0.1) is 11.3 Å². The summed E-state index contributed by atoms with van der Waals surface area (Å²) in [7, 11) is 0. The molecule has 3 aliphatic heterocycles. The highest BCUT2D eigenvalue weighted by molar-refractivity contribution is 9.10. The molecular formula is C49H56Br2N8O3S. The third-order valence-corrected chi connectivity index (χ3v) is 15.8. The van der Waals surface area contributed by atoms with E-state index in [0.717, 1.165) is 111 Å². The van der Waals surface area contributed by atoms with E-state index in [-0.39, 0.29) is 17.9 Å². The summed E-state index contributed by atoms with van der Waals surface area (Å²) in [6, 6.07) is 24.9. The average Bonchev–Trinajstić information content (AvgIpc) is 3.92. The van der Waals surface area contributed by atoms with Crippen molar-refractivity contribution < 1.29 is 14.7 Å². The molecule has 4 N–H and O–H groups in total. The van der Waals surface area contributed by atoms with Gasteiger partial charge >= 0.3 is 0 Å². The Bertz CT molecular complexity index is 2600. The lowest BCUT2D eigenvalue weighted by Gasteiger charge is -2.35. The molecule has 14 heteroatoms. The van der Waals surface area contributed by atoms with Crippen LogP contribution < -0.4 is 20.9 Å². The molecular weight excluding hydrogens is 940 g/mol. The van der Waals surface area contributed by atoms with Gasteiger partial charge in [-0.2, -0.15) is 0 Å². The number of aliphatic hydroxyl groups is 1. The zero-order valence-electron chi connectivity index (χ0n) is 35.8. The van der Waals surface area contributed by atoms with E-state index in [0.29, 0.717) is 56.1 Å². The number of hydrogen-bond donors (Lipinski definition) is 4. The molecule has 1 aliphatic carbocycles. The molecule has 3 saturated heterocycles. The number of amides is 2. The highest BCUT2D eigenvalue weighted by Crippen LogP contribution is 2.37. The highest BCUT2D eigenvalue weighted by Gasteiger charge is 2.33. The van der Waals surface area contributed by atoms with Crippen molar-refractivity contribution >= 4 is 98.4 Å². The number of pyridine rings is 1. The van der Waals surface area contributed by atoms with Crippen LogP contribution in [0, 0.1) is 6.92 Å². The van der Waals surface area contributed by atoms with E-state index >= 15 is 0 Å². The third kappa shape index (κ3) is 9.26. The number of aliphatic hydroxyl groups excluding tert-OH is 1. The molecule has 0 saturated carbocycles. The zero-order chi connectivity index (χ0) is 43.2. The van der Waals surface area contributed by atoms with Crippen molar-refractivity contribution in [2.45, 2.75) is 89.1 Å². The Morgan fingerprint density at radius 3 is 2.32 bits per heavy atom. The molecule has 3 aromatic heterocycles. The van der Waals surface area contributed by atoms with Crippen LogP contribution in [-0.2, 0) is 24.2 Å². The van der Waals surface area contributed by atoms with Crippen molar-refractivity contribution in [3.63, 3.8) is 0 Å². The molecule has 6 aromatic rings. The Labute approximate surface area is 389 Å². The number of thiophene rings is 1. The predicted octanol–water partition coefficient (Wildman–Crippen LogP) is 8.25. The minimum Gasteiger partial charge on any atom is -0.390 e. The van der Waals surface area contributed by atoms with Gasteiger partial charge in [-0.3, -0.25) is 14.5 Å². The quantitative estimate of drug-likeness (QED) is 0.0856. The van der Waals surface area contributed by atoms with Gasteiger partial charge in [-0.05, 0) is 124 Å². The summed E-state index contributed by atoms with van der Waals surface area (Å²) in [6.07, 6.45) is 6.79. The summed E-state index contributed by atoms with van der Waals surface area (Å²) in [5, 5.41) is 25.3. The first-order valence-electron chi connectivity index (χ1n) is 22.7. The van der Waals surface area contributed by atoms with Crippen LogP contribution in [0.4, 0.5) is 11.4 Å². The number of piperazine rings is 2. The van der Waals surface area contributed by atoms with Crippen molar-refractivity contribution in [2.75, 3.05) is 62.6 Å². The monoisotopic (exact) mass is 994 g/mol. The Balaban J connectivity index is 0.692. The maximum atomic E-state index is 14.0. The molecule has 10 rings (SSSR count). The van der Waals surface area contributed by atoms with E-state index in [1.165, 1.54) is 41.0 Å². The second-order valence-corrected chi connectivity index (χ2v) is 21.0. The number of carbonyl (C=O) groups excluding carboxylic acids is 2. The molecule has 2 amide bonds. The van der Waals surface area contributed by atoms with Crippen LogP contribution in [0.1, 0.15) is 65.0 Å². The average molecular weight is 997 g/mol. The van der Waals surface area contributed by atoms with Gasteiger partial charge < -0.3 is 35.4 Å². The smallest absolute Gasteiger partial charge is 0.263 e. The number of halogens is 2. The fraction of sp³-hybridized carbons (Fsp3) is 0.449. The lowest BCUT2D eigenvalue weighted by Crippen LogP contribution is -2.51. The number of nitrogens with zero attached hydrogens (tertiary/aromatic N) is 5. The summed E-state index contributed by atoms with van der Waals surface area (Å²) < 4.78 is 4.28. The van der Waals surface area contributed by atoms with Gasteiger partial charge in [0.15, 0.2) is 0 Å². The van der Waals surface area contributed by atoms with Gasteiger partial charge in [-0.25, -0.2) is 4.98 Å². The lowest BCUT2D eigenvalue weighted by atomic mass is 9.87. The molecule has 3 aromatic carbocycles. The molecule has 0 spiro atoms. The van der Waals surface area contributed by atoms with Crippen LogP contribution in [-0.4, -0.2) is 113 Å². The van der Waals surface area contributed by atoms with Gasteiger partial charge in [0, 0.05) is 124 Å². The normalized spacial score (nSPS) is 20.7. The van der Waals surface area contributed by atoms with Crippen LogP contribution >= 0.6 is 43.2 Å². The van der Waals surface area contributed by atoms with Crippen LogP contribution in [0.15, 0.2) is 75.7 Å². The topological polar surface area (TPSA) is 118 Å². The summed E-state index contributed by atoms with van der Waals surface area (Å²) >= 11 is 8.71. The third-order valence-electron chi connectivity index (χ3n) is 13.7. The summed E-state index contributed by atoms with van der Waals surface area (Å²) in [4.78, 5) is 40.4. The molecule has 330 valence electrons. The summed E-state index contributed by atoms with van der Waals surface area (Å²) in [5.41, 5.74) is 8.06. The number of aryl methyl sites for hydroxylation is 2. The largest absolute Gasteiger partial charge is 0.390 e. The van der Waals surface area contributed by atoms with Gasteiger partial charge in [0.2, 0.25) is 5.91 Å². The molecule has 1 unspecified atom stereocenters. The van der Waals surface area contributed by atoms with Gasteiger partial charge in [-0.1, -0.05) is 37.9 Å². The number of aromatic nitrogens is 2. The number of rotatable bonds is 13. The molecule has 0 radical (unpaired) electrons. The molecule has 11 nitrogen and oxygen atoms in total. The minimum absolute atomic E-state index is 0.0464.